The highest BCUT2D eigenvalue weighted by Gasteiger charge is 2.25. The van der Waals surface area contributed by atoms with Gasteiger partial charge in [0, 0.05) is 31.6 Å². The molecular formula is C15H25N3. The summed E-state index contributed by atoms with van der Waals surface area (Å²) in [5.74, 6) is 2.14. The molecule has 1 aromatic rings. The normalized spacial score (nSPS) is 28.6. The van der Waals surface area contributed by atoms with Crippen molar-refractivity contribution in [2.45, 2.75) is 58.5 Å². The van der Waals surface area contributed by atoms with Gasteiger partial charge in [-0.25, -0.2) is 4.98 Å². The van der Waals surface area contributed by atoms with Crippen LogP contribution in [0.3, 0.4) is 0 Å². The summed E-state index contributed by atoms with van der Waals surface area (Å²) in [6.45, 7) is 8.27. The van der Waals surface area contributed by atoms with Gasteiger partial charge in [0.05, 0.1) is 5.69 Å². The Labute approximate surface area is 110 Å². The monoisotopic (exact) mass is 247 g/mol. The maximum atomic E-state index is 4.85. The Morgan fingerprint density at radius 3 is 3.11 bits per heavy atom. The molecule has 3 heteroatoms. The lowest BCUT2D eigenvalue weighted by Crippen LogP contribution is -2.30. The van der Waals surface area contributed by atoms with E-state index in [2.05, 4.69) is 29.5 Å². The molecule has 3 heterocycles. The number of likely N-dealkylation sites (tertiary alicyclic amines) is 1. The van der Waals surface area contributed by atoms with E-state index in [1.165, 1.54) is 56.8 Å². The summed E-state index contributed by atoms with van der Waals surface area (Å²) < 4.78 is 2.40. The van der Waals surface area contributed by atoms with Gasteiger partial charge in [-0.2, -0.15) is 0 Å². The topological polar surface area (TPSA) is 21.1 Å². The van der Waals surface area contributed by atoms with Gasteiger partial charge in [-0.15, -0.1) is 0 Å². The van der Waals surface area contributed by atoms with Gasteiger partial charge in [0.1, 0.15) is 5.82 Å². The van der Waals surface area contributed by atoms with Crippen molar-refractivity contribution in [2.24, 2.45) is 5.92 Å². The fraction of sp³-hybridized carbons (Fsp3) is 0.800. The number of aromatic nitrogens is 2. The molecule has 2 atom stereocenters. The van der Waals surface area contributed by atoms with Crippen LogP contribution in [0.25, 0.3) is 0 Å². The molecule has 2 aliphatic heterocycles. The smallest absolute Gasteiger partial charge is 0.108 e. The van der Waals surface area contributed by atoms with Crippen molar-refractivity contribution in [3.8, 4) is 0 Å². The van der Waals surface area contributed by atoms with E-state index in [0.29, 0.717) is 0 Å². The zero-order valence-electron chi connectivity index (χ0n) is 11.7. The first-order valence-electron chi connectivity index (χ1n) is 7.55. The molecule has 1 aromatic heterocycles. The van der Waals surface area contributed by atoms with Crippen molar-refractivity contribution < 1.29 is 0 Å². The third-order valence-corrected chi connectivity index (χ3v) is 4.63. The molecule has 0 saturated carbocycles. The molecule has 100 valence electrons. The highest BCUT2D eigenvalue weighted by atomic mass is 15.2. The Morgan fingerprint density at radius 2 is 2.28 bits per heavy atom. The van der Waals surface area contributed by atoms with Crippen LogP contribution in [0.15, 0.2) is 6.20 Å². The van der Waals surface area contributed by atoms with E-state index in [1.807, 2.05) is 0 Å². The molecule has 1 fully saturated rings. The molecule has 0 aromatic carbocycles. The number of aryl methyl sites for hydroxylation is 1. The lowest BCUT2D eigenvalue weighted by molar-refractivity contribution is 0.265. The van der Waals surface area contributed by atoms with Crippen LogP contribution in [-0.4, -0.2) is 33.6 Å². The average molecular weight is 247 g/mol. The summed E-state index contributed by atoms with van der Waals surface area (Å²) in [5.41, 5.74) is 1.32. The van der Waals surface area contributed by atoms with Crippen molar-refractivity contribution in [2.75, 3.05) is 13.1 Å². The molecule has 3 nitrogen and oxygen atoms in total. The summed E-state index contributed by atoms with van der Waals surface area (Å²) in [5, 5.41) is 0. The van der Waals surface area contributed by atoms with Crippen LogP contribution in [-0.2, 0) is 19.4 Å². The van der Waals surface area contributed by atoms with Crippen LogP contribution in [0, 0.1) is 5.92 Å². The van der Waals surface area contributed by atoms with Crippen LogP contribution in [0.1, 0.15) is 44.6 Å². The molecule has 1 saturated heterocycles. The maximum absolute atomic E-state index is 4.85. The molecule has 0 spiro atoms. The second-order valence-corrected chi connectivity index (χ2v) is 6.07. The predicted molar refractivity (Wildman–Crippen MR) is 73.7 cm³/mol. The molecule has 18 heavy (non-hydrogen) atoms. The largest absolute Gasteiger partial charge is 0.334 e. The van der Waals surface area contributed by atoms with Crippen LogP contribution < -0.4 is 0 Å². The summed E-state index contributed by atoms with van der Waals surface area (Å²) in [7, 11) is 0. The van der Waals surface area contributed by atoms with Gasteiger partial charge in [0.15, 0.2) is 0 Å². The standard InChI is InChI=1S/C15H25N3/c1-3-17-8-4-5-14(17)9-13-11-18-10-12(2)6-7-15(18)16-13/h11-12,14H,3-10H2,1-2H3. The van der Waals surface area contributed by atoms with E-state index in [0.717, 1.165) is 18.4 Å². The van der Waals surface area contributed by atoms with Crippen LogP contribution in [0.4, 0.5) is 0 Å². The molecule has 0 aliphatic carbocycles. The van der Waals surface area contributed by atoms with Gasteiger partial charge in [-0.3, -0.25) is 0 Å². The van der Waals surface area contributed by atoms with Gasteiger partial charge < -0.3 is 9.47 Å². The van der Waals surface area contributed by atoms with Crippen LogP contribution in [0.2, 0.25) is 0 Å². The Morgan fingerprint density at radius 1 is 1.39 bits per heavy atom. The Bertz CT molecular complexity index is 410. The van der Waals surface area contributed by atoms with E-state index in [-0.39, 0.29) is 0 Å². The minimum atomic E-state index is 0.740. The van der Waals surface area contributed by atoms with E-state index in [4.69, 9.17) is 4.98 Å². The van der Waals surface area contributed by atoms with E-state index in [9.17, 15) is 0 Å². The van der Waals surface area contributed by atoms with Crippen molar-refractivity contribution in [1.82, 2.24) is 14.5 Å². The molecule has 0 N–H and O–H groups in total. The summed E-state index contributed by atoms with van der Waals surface area (Å²) in [6.07, 6.45) is 8.67. The molecule has 2 aliphatic rings. The second-order valence-electron chi connectivity index (χ2n) is 6.07. The molecular weight excluding hydrogens is 222 g/mol. The molecule has 0 amide bonds. The van der Waals surface area contributed by atoms with Crippen molar-refractivity contribution >= 4 is 0 Å². The number of fused-ring (bicyclic) bond motifs is 1. The lowest BCUT2D eigenvalue weighted by atomic mass is 10.0. The van der Waals surface area contributed by atoms with E-state index >= 15 is 0 Å². The highest BCUT2D eigenvalue weighted by molar-refractivity contribution is 5.09. The zero-order chi connectivity index (χ0) is 12.5. The first-order chi connectivity index (χ1) is 8.76. The van der Waals surface area contributed by atoms with Gasteiger partial charge in [-0.05, 0) is 38.3 Å². The third kappa shape index (κ3) is 2.33. The Kier molecular flexibility index (Phi) is 3.42. The summed E-state index contributed by atoms with van der Waals surface area (Å²) in [4.78, 5) is 7.47. The minimum Gasteiger partial charge on any atom is -0.334 e. The predicted octanol–water partition coefficient (Wildman–Crippen LogP) is 2.49. The summed E-state index contributed by atoms with van der Waals surface area (Å²) in [6, 6.07) is 0.740. The number of likely N-dealkylation sites (N-methyl/N-ethyl adjacent to an activating group) is 1. The number of hydrogen-bond acceptors (Lipinski definition) is 2. The van der Waals surface area contributed by atoms with Gasteiger partial charge in [-0.1, -0.05) is 13.8 Å². The zero-order valence-corrected chi connectivity index (χ0v) is 11.7. The first kappa shape index (κ1) is 12.2. The number of hydrogen-bond donors (Lipinski definition) is 0. The van der Waals surface area contributed by atoms with Crippen LogP contribution >= 0.6 is 0 Å². The highest BCUT2D eigenvalue weighted by Crippen LogP contribution is 2.23. The Balaban J connectivity index is 1.70. The number of imidazole rings is 1. The SMILES string of the molecule is CCN1CCCC1Cc1cn2c(n1)CCC(C)C2. The Hall–Kier alpha value is -0.830. The maximum Gasteiger partial charge on any atom is 0.108 e. The fourth-order valence-electron chi connectivity index (χ4n) is 3.56. The van der Waals surface area contributed by atoms with E-state index in [1.54, 1.807) is 0 Å². The molecule has 2 unspecified atom stereocenters. The summed E-state index contributed by atoms with van der Waals surface area (Å²) >= 11 is 0. The van der Waals surface area contributed by atoms with Crippen LogP contribution in [0.5, 0.6) is 0 Å². The van der Waals surface area contributed by atoms with Gasteiger partial charge >= 0.3 is 0 Å². The number of nitrogens with zero attached hydrogens (tertiary/aromatic N) is 3. The minimum absolute atomic E-state index is 0.740. The fourth-order valence-corrected chi connectivity index (χ4v) is 3.56. The lowest BCUT2D eigenvalue weighted by Gasteiger charge is -2.21. The quantitative estimate of drug-likeness (QED) is 0.818. The average Bonchev–Trinajstić information content (AvgIpc) is 2.94. The van der Waals surface area contributed by atoms with Crippen molar-refractivity contribution in [3.63, 3.8) is 0 Å². The van der Waals surface area contributed by atoms with Crippen molar-refractivity contribution in [3.05, 3.63) is 17.7 Å². The second kappa shape index (κ2) is 5.04. The molecule has 3 rings (SSSR count). The molecule has 0 bridgehead atoms. The van der Waals surface area contributed by atoms with Crippen molar-refractivity contribution in [1.29, 1.82) is 0 Å². The van der Waals surface area contributed by atoms with Gasteiger partial charge in [0.25, 0.3) is 0 Å². The number of rotatable bonds is 3. The first-order valence-corrected chi connectivity index (χ1v) is 7.55. The third-order valence-electron chi connectivity index (χ3n) is 4.63. The van der Waals surface area contributed by atoms with Gasteiger partial charge in [0.2, 0.25) is 0 Å². The van der Waals surface area contributed by atoms with E-state index < -0.39 is 0 Å². The molecule has 0 radical (unpaired) electrons.